The Kier molecular flexibility index (Phi) is 8.12. The minimum absolute atomic E-state index is 0.0200. The first-order valence-corrected chi connectivity index (χ1v) is 11.6. The first-order valence-electron chi connectivity index (χ1n) is 11.6. The van der Waals surface area contributed by atoms with Crippen LogP contribution >= 0.6 is 0 Å². The van der Waals surface area contributed by atoms with E-state index in [0.717, 1.165) is 17.7 Å². The number of hydrogen-bond acceptors (Lipinski definition) is 12. The van der Waals surface area contributed by atoms with Gasteiger partial charge in [0.2, 0.25) is 6.29 Å². The van der Waals surface area contributed by atoms with Crippen LogP contribution in [0.4, 0.5) is 0 Å². The van der Waals surface area contributed by atoms with Gasteiger partial charge in [-0.1, -0.05) is 24.3 Å². The molecule has 1 fully saturated rings. The fourth-order valence-corrected chi connectivity index (χ4v) is 3.87. The van der Waals surface area contributed by atoms with Crippen molar-refractivity contribution >= 4 is 18.1 Å². The predicted molar refractivity (Wildman–Crippen MR) is 134 cm³/mol. The average molecular weight is 542 g/mol. The van der Waals surface area contributed by atoms with Crippen LogP contribution in [0.2, 0.25) is 0 Å². The number of rotatable bonds is 7. The summed E-state index contributed by atoms with van der Waals surface area (Å²) in [4.78, 5) is 12.7. The van der Waals surface area contributed by atoms with Gasteiger partial charge in [0.1, 0.15) is 35.6 Å². The second-order valence-electron chi connectivity index (χ2n) is 8.74. The molecule has 0 radical (unpaired) electrons. The van der Waals surface area contributed by atoms with E-state index in [1.54, 1.807) is 24.3 Å². The molecule has 3 aromatic rings. The summed E-state index contributed by atoms with van der Waals surface area (Å²) in [6.45, 7) is -0.709. The van der Waals surface area contributed by atoms with Crippen LogP contribution in [0.15, 0.2) is 54.6 Å². The number of carbonyl (C=O) groups excluding carboxylic acids is 1. The zero-order chi connectivity index (χ0) is 28.3. The largest absolute Gasteiger partial charge is 0.508 e. The van der Waals surface area contributed by atoms with Crippen LogP contribution < -0.4 is 4.74 Å². The summed E-state index contributed by atoms with van der Waals surface area (Å²) in [5.74, 6) is -3.70. The molecular weight excluding hydrogens is 516 g/mol. The molecule has 0 aliphatic carbocycles. The van der Waals surface area contributed by atoms with Crippen LogP contribution in [0, 0.1) is 0 Å². The maximum absolute atomic E-state index is 12.7. The molecule has 1 aliphatic rings. The van der Waals surface area contributed by atoms with E-state index in [1.165, 1.54) is 30.3 Å². The number of esters is 1. The topological polar surface area (TPSA) is 207 Å². The third-order valence-corrected chi connectivity index (χ3v) is 5.90. The van der Waals surface area contributed by atoms with Gasteiger partial charge in [0.25, 0.3) is 0 Å². The van der Waals surface area contributed by atoms with E-state index in [2.05, 4.69) is 0 Å². The van der Waals surface area contributed by atoms with Crippen molar-refractivity contribution in [2.75, 3.05) is 6.61 Å². The summed E-state index contributed by atoms with van der Waals surface area (Å²) in [5, 5.41) is 79.1. The number of aliphatic hydroxyl groups is 3. The van der Waals surface area contributed by atoms with Gasteiger partial charge in [-0.05, 0) is 47.5 Å². The Morgan fingerprint density at radius 2 is 1.46 bits per heavy atom. The van der Waals surface area contributed by atoms with E-state index < -0.39 is 66.1 Å². The zero-order valence-corrected chi connectivity index (χ0v) is 20.2. The van der Waals surface area contributed by atoms with Crippen molar-refractivity contribution in [1.29, 1.82) is 0 Å². The van der Waals surface area contributed by atoms with E-state index in [4.69, 9.17) is 14.2 Å². The molecule has 206 valence electrons. The summed E-state index contributed by atoms with van der Waals surface area (Å²) in [7, 11) is 0. The fourth-order valence-electron chi connectivity index (χ4n) is 3.87. The molecule has 3 aromatic carbocycles. The lowest BCUT2D eigenvalue weighted by Crippen LogP contribution is -2.61. The summed E-state index contributed by atoms with van der Waals surface area (Å²) < 4.78 is 16.6. The second-order valence-corrected chi connectivity index (χ2v) is 8.74. The highest BCUT2D eigenvalue weighted by Gasteiger charge is 2.48. The molecule has 0 unspecified atom stereocenters. The van der Waals surface area contributed by atoms with Gasteiger partial charge in [0.15, 0.2) is 23.4 Å². The molecule has 12 heteroatoms. The van der Waals surface area contributed by atoms with Gasteiger partial charge >= 0.3 is 5.97 Å². The monoisotopic (exact) mass is 542 g/mol. The molecule has 0 bridgehead atoms. The minimum Gasteiger partial charge on any atom is -0.508 e. The van der Waals surface area contributed by atoms with Crippen LogP contribution in [-0.2, 0) is 9.47 Å². The van der Waals surface area contributed by atoms with Crippen LogP contribution in [0.3, 0.4) is 0 Å². The van der Waals surface area contributed by atoms with Crippen molar-refractivity contribution in [3.63, 3.8) is 0 Å². The number of phenols is 5. The van der Waals surface area contributed by atoms with Gasteiger partial charge < -0.3 is 55.1 Å². The van der Waals surface area contributed by atoms with Crippen molar-refractivity contribution in [3.05, 3.63) is 71.3 Å². The molecule has 1 aliphatic heterocycles. The molecule has 0 spiro atoms. The molecule has 39 heavy (non-hydrogen) atoms. The number of hydrogen-bond donors (Lipinski definition) is 8. The maximum Gasteiger partial charge on any atom is 0.339 e. The van der Waals surface area contributed by atoms with Crippen molar-refractivity contribution in [2.24, 2.45) is 0 Å². The number of benzene rings is 3. The standard InChI is InChI=1S/C27H26O12/c28-12-21-23(34)24(35)25(39-26(36)15-9-19(31)22(33)20(32)10-15)27(38-21)37-18-8-14(7-17(30)11-18)2-1-13-3-5-16(29)6-4-13/h1-11,21,23-25,27-35H,12H2/b2-1+/t21-,23+,24+,25-,27-/m0/s1. The molecule has 1 heterocycles. The summed E-state index contributed by atoms with van der Waals surface area (Å²) in [5.41, 5.74) is 0.846. The average Bonchev–Trinajstić information content (AvgIpc) is 2.90. The van der Waals surface area contributed by atoms with Gasteiger partial charge in [0.05, 0.1) is 12.2 Å². The highest BCUT2D eigenvalue weighted by atomic mass is 16.7. The molecule has 0 aromatic heterocycles. The number of aromatic hydroxyl groups is 5. The molecule has 5 atom stereocenters. The Morgan fingerprint density at radius 3 is 2.10 bits per heavy atom. The SMILES string of the molecule is O=C(O[C@@H]1[C@@H](Oc2cc(O)cc(/C=C/c3ccc(O)cc3)c2)O[C@@H](CO)[C@@H](O)[C@H]1O)c1cc(O)c(O)c(O)c1. The van der Waals surface area contributed by atoms with E-state index in [0.29, 0.717) is 5.56 Å². The fraction of sp³-hybridized carbons (Fsp3) is 0.222. The Labute approximate surface area is 221 Å². The number of aliphatic hydroxyl groups excluding tert-OH is 3. The van der Waals surface area contributed by atoms with Crippen LogP contribution in [0.5, 0.6) is 34.5 Å². The second kappa shape index (κ2) is 11.5. The molecule has 0 amide bonds. The molecule has 8 N–H and O–H groups in total. The Hall–Kier alpha value is -4.49. The normalized spacial score (nSPS) is 23.0. The number of carbonyl (C=O) groups is 1. The summed E-state index contributed by atoms with van der Waals surface area (Å²) in [6, 6.07) is 12.2. The Morgan fingerprint density at radius 1 is 0.821 bits per heavy atom. The lowest BCUT2D eigenvalue weighted by atomic mass is 9.99. The quantitative estimate of drug-likeness (QED) is 0.121. The third kappa shape index (κ3) is 6.33. The van der Waals surface area contributed by atoms with Gasteiger partial charge in [-0.25, -0.2) is 4.79 Å². The summed E-state index contributed by atoms with van der Waals surface area (Å²) in [6.07, 6.45) is -4.68. The maximum atomic E-state index is 12.7. The lowest BCUT2D eigenvalue weighted by molar-refractivity contribution is -0.276. The molecule has 0 saturated carbocycles. The highest BCUT2D eigenvalue weighted by Crippen LogP contribution is 2.36. The zero-order valence-electron chi connectivity index (χ0n) is 20.2. The van der Waals surface area contributed by atoms with Crippen molar-refractivity contribution < 1.29 is 59.9 Å². The van der Waals surface area contributed by atoms with E-state index >= 15 is 0 Å². The van der Waals surface area contributed by atoms with Gasteiger partial charge in [-0.15, -0.1) is 0 Å². The Balaban J connectivity index is 1.59. The molecule has 1 saturated heterocycles. The van der Waals surface area contributed by atoms with E-state index in [1.807, 2.05) is 0 Å². The molecule has 4 rings (SSSR count). The Bertz CT molecular complexity index is 1330. The highest BCUT2D eigenvalue weighted by molar-refractivity contribution is 5.91. The molecule has 12 nitrogen and oxygen atoms in total. The third-order valence-electron chi connectivity index (χ3n) is 5.90. The first kappa shape index (κ1) is 27.5. The van der Waals surface area contributed by atoms with Crippen molar-refractivity contribution in [3.8, 4) is 34.5 Å². The lowest BCUT2D eigenvalue weighted by Gasteiger charge is -2.41. The van der Waals surface area contributed by atoms with Crippen molar-refractivity contribution in [1.82, 2.24) is 0 Å². The smallest absolute Gasteiger partial charge is 0.339 e. The first-order chi connectivity index (χ1) is 18.5. The predicted octanol–water partition coefficient (Wildman–Crippen LogP) is 1.43. The van der Waals surface area contributed by atoms with Crippen LogP contribution in [-0.4, -0.2) is 84.1 Å². The van der Waals surface area contributed by atoms with Gasteiger partial charge in [0, 0.05) is 6.07 Å². The summed E-state index contributed by atoms with van der Waals surface area (Å²) >= 11 is 0. The van der Waals surface area contributed by atoms with E-state index in [-0.39, 0.29) is 17.2 Å². The van der Waals surface area contributed by atoms with Crippen LogP contribution in [0.1, 0.15) is 21.5 Å². The number of phenolic OH excluding ortho intramolecular Hbond substituents is 5. The molecular formula is C27H26O12. The van der Waals surface area contributed by atoms with E-state index in [9.17, 15) is 45.6 Å². The van der Waals surface area contributed by atoms with Crippen molar-refractivity contribution in [2.45, 2.75) is 30.7 Å². The number of ether oxygens (including phenoxy) is 3. The van der Waals surface area contributed by atoms with Gasteiger partial charge in [-0.2, -0.15) is 0 Å². The van der Waals surface area contributed by atoms with Gasteiger partial charge in [-0.3, -0.25) is 0 Å². The minimum atomic E-state index is -1.80. The van der Waals surface area contributed by atoms with Crippen LogP contribution in [0.25, 0.3) is 12.2 Å².